The van der Waals surface area contributed by atoms with Gasteiger partial charge >= 0.3 is 0 Å². The van der Waals surface area contributed by atoms with Crippen molar-refractivity contribution in [3.8, 4) is 5.75 Å². The number of aliphatic imine (C=N–C) groups is 1. The zero-order chi connectivity index (χ0) is 17.4. The van der Waals surface area contributed by atoms with Crippen LogP contribution in [0.2, 0.25) is 0 Å². The molecule has 0 saturated carbocycles. The minimum atomic E-state index is 0.351. The molecular formula is C22H27NO. The van der Waals surface area contributed by atoms with Gasteiger partial charge in [0.05, 0.1) is 11.4 Å². The predicted octanol–water partition coefficient (Wildman–Crippen LogP) is 6.27. The number of nitrogens with zero attached hydrogens (tertiary/aromatic N) is 1. The Hall–Kier alpha value is -2.09. The van der Waals surface area contributed by atoms with Crippen LogP contribution in [0.25, 0.3) is 0 Å². The number of aromatic hydroxyl groups is 1. The van der Waals surface area contributed by atoms with E-state index in [1.165, 1.54) is 16.7 Å². The third-order valence-corrected chi connectivity index (χ3v) is 4.98. The number of para-hydroxylation sites is 1. The van der Waals surface area contributed by atoms with E-state index in [0.717, 1.165) is 23.4 Å². The first-order chi connectivity index (χ1) is 11.4. The van der Waals surface area contributed by atoms with Crippen LogP contribution in [-0.4, -0.2) is 10.8 Å². The molecule has 0 aromatic heterocycles. The first-order valence-corrected chi connectivity index (χ1v) is 8.92. The Morgan fingerprint density at radius 1 is 0.958 bits per heavy atom. The fourth-order valence-electron chi connectivity index (χ4n) is 3.66. The fraction of sp³-hybridized carbons (Fsp3) is 0.409. The molecule has 0 saturated heterocycles. The molecule has 0 amide bonds. The quantitative estimate of drug-likeness (QED) is 0.710. The number of rotatable bonds is 3. The molecule has 2 nitrogen and oxygen atoms in total. The lowest BCUT2D eigenvalue weighted by atomic mass is 9.92. The maximum Gasteiger partial charge on any atom is 0.124 e. The van der Waals surface area contributed by atoms with Crippen molar-refractivity contribution in [1.82, 2.24) is 0 Å². The molecule has 1 aliphatic carbocycles. The Labute approximate surface area is 145 Å². The second-order valence-electron chi connectivity index (χ2n) is 7.50. The Balaban J connectivity index is 2.21. The minimum Gasteiger partial charge on any atom is -0.507 e. The summed E-state index contributed by atoms with van der Waals surface area (Å²) < 4.78 is 0. The topological polar surface area (TPSA) is 32.6 Å². The summed E-state index contributed by atoms with van der Waals surface area (Å²) in [7, 11) is 0. The molecule has 2 heteroatoms. The molecule has 0 spiro atoms. The second kappa shape index (κ2) is 6.43. The summed E-state index contributed by atoms with van der Waals surface area (Å²) in [5.74, 6) is 1.60. The molecule has 3 rings (SSSR count). The van der Waals surface area contributed by atoms with Gasteiger partial charge in [-0.15, -0.1) is 0 Å². The van der Waals surface area contributed by atoms with Gasteiger partial charge < -0.3 is 5.11 Å². The Bertz CT molecular complexity index is 760. The fourth-order valence-corrected chi connectivity index (χ4v) is 3.66. The number of hydrogen-bond donors (Lipinski definition) is 1. The van der Waals surface area contributed by atoms with Crippen LogP contribution in [0, 0.1) is 0 Å². The molecule has 0 heterocycles. The van der Waals surface area contributed by atoms with E-state index in [1.54, 1.807) is 6.07 Å². The standard InChI is InChI=1S/C22H27NO/c1-13(2)16-8-6-9-17(14(3)4)22(16)23-19-12-15(5)18-10-7-11-20(24)21(18)19/h6-11,13-15,24H,12H2,1-5H3/t15-/m0/s1. The van der Waals surface area contributed by atoms with Gasteiger partial charge in [0.15, 0.2) is 0 Å². The summed E-state index contributed by atoms with van der Waals surface area (Å²) in [4.78, 5) is 5.11. The summed E-state index contributed by atoms with van der Waals surface area (Å²) in [6.07, 6.45) is 0.886. The van der Waals surface area contributed by atoms with Crippen LogP contribution in [-0.2, 0) is 0 Å². The smallest absolute Gasteiger partial charge is 0.124 e. The van der Waals surface area contributed by atoms with Gasteiger partial charge in [-0.3, -0.25) is 4.99 Å². The van der Waals surface area contributed by atoms with Crippen LogP contribution in [0.15, 0.2) is 41.4 Å². The molecule has 1 N–H and O–H groups in total. The van der Waals surface area contributed by atoms with Crippen molar-refractivity contribution in [1.29, 1.82) is 0 Å². The van der Waals surface area contributed by atoms with Gasteiger partial charge in [0.1, 0.15) is 5.75 Å². The highest BCUT2D eigenvalue weighted by Gasteiger charge is 2.28. The normalized spacial score (nSPS) is 18.6. The first-order valence-electron chi connectivity index (χ1n) is 8.92. The lowest BCUT2D eigenvalue weighted by Crippen LogP contribution is -2.00. The van der Waals surface area contributed by atoms with Gasteiger partial charge in [0.25, 0.3) is 0 Å². The molecule has 0 unspecified atom stereocenters. The molecule has 1 atom stereocenters. The molecule has 126 valence electrons. The van der Waals surface area contributed by atoms with E-state index in [2.05, 4.69) is 58.9 Å². The minimum absolute atomic E-state index is 0.351. The number of phenolic OH excluding ortho intramolecular Hbond substituents is 1. The summed E-state index contributed by atoms with van der Waals surface area (Å²) in [5.41, 5.74) is 6.84. The van der Waals surface area contributed by atoms with Crippen molar-refractivity contribution in [3.05, 3.63) is 58.7 Å². The average Bonchev–Trinajstić information content (AvgIpc) is 2.84. The van der Waals surface area contributed by atoms with Crippen LogP contribution in [0.4, 0.5) is 5.69 Å². The molecule has 0 aliphatic heterocycles. The zero-order valence-corrected chi connectivity index (χ0v) is 15.3. The Morgan fingerprint density at radius 3 is 2.12 bits per heavy atom. The summed E-state index contributed by atoms with van der Waals surface area (Å²) in [6.45, 7) is 11.1. The van der Waals surface area contributed by atoms with E-state index < -0.39 is 0 Å². The van der Waals surface area contributed by atoms with Crippen LogP contribution >= 0.6 is 0 Å². The van der Waals surface area contributed by atoms with Crippen LogP contribution < -0.4 is 0 Å². The SMILES string of the molecule is CC(C)c1cccc(C(C)C)c1N=C1C[C@H](C)c2cccc(O)c21. The predicted molar refractivity (Wildman–Crippen MR) is 102 cm³/mol. The van der Waals surface area contributed by atoms with Gasteiger partial charge in [-0.25, -0.2) is 0 Å². The maximum atomic E-state index is 10.4. The Kier molecular flexibility index (Phi) is 4.49. The van der Waals surface area contributed by atoms with Crippen LogP contribution in [0.3, 0.4) is 0 Å². The molecular weight excluding hydrogens is 294 g/mol. The van der Waals surface area contributed by atoms with Crippen molar-refractivity contribution in [2.75, 3.05) is 0 Å². The van der Waals surface area contributed by atoms with E-state index in [9.17, 15) is 5.11 Å². The van der Waals surface area contributed by atoms with E-state index in [1.807, 2.05) is 6.07 Å². The second-order valence-corrected chi connectivity index (χ2v) is 7.50. The highest BCUT2D eigenvalue weighted by Crippen LogP contribution is 2.41. The molecule has 0 fully saturated rings. The van der Waals surface area contributed by atoms with Crippen molar-refractivity contribution in [2.24, 2.45) is 4.99 Å². The molecule has 24 heavy (non-hydrogen) atoms. The van der Waals surface area contributed by atoms with Gasteiger partial charge in [-0.05, 0) is 46.9 Å². The van der Waals surface area contributed by atoms with Gasteiger partial charge in [-0.2, -0.15) is 0 Å². The van der Waals surface area contributed by atoms with Gasteiger partial charge in [-0.1, -0.05) is 65.0 Å². The van der Waals surface area contributed by atoms with Gasteiger partial charge in [0, 0.05) is 5.56 Å². The largest absolute Gasteiger partial charge is 0.507 e. The Morgan fingerprint density at radius 2 is 1.54 bits per heavy atom. The highest BCUT2D eigenvalue weighted by atomic mass is 16.3. The first kappa shape index (κ1) is 16.8. The molecule has 0 bridgehead atoms. The third-order valence-electron chi connectivity index (χ3n) is 4.98. The zero-order valence-electron chi connectivity index (χ0n) is 15.3. The van der Waals surface area contributed by atoms with Crippen LogP contribution in [0.1, 0.15) is 81.0 Å². The van der Waals surface area contributed by atoms with E-state index in [4.69, 9.17) is 4.99 Å². The average molecular weight is 321 g/mol. The van der Waals surface area contributed by atoms with E-state index in [-0.39, 0.29) is 0 Å². The van der Waals surface area contributed by atoms with E-state index in [0.29, 0.717) is 23.5 Å². The highest BCUT2D eigenvalue weighted by molar-refractivity contribution is 6.08. The molecule has 2 aromatic rings. The van der Waals surface area contributed by atoms with Crippen LogP contribution in [0.5, 0.6) is 5.75 Å². The van der Waals surface area contributed by atoms with Crippen molar-refractivity contribution < 1.29 is 5.11 Å². The summed E-state index contributed by atoms with van der Waals surface area (Å²) in [5, 5.41) is 10.4. The monoisotopic (exact) mass is 321 g/mol. The maximum absolute atomic E-state index is 10.4. The number of phenols is 1. The molecule has 1 aliphatic rings. The molecule has 0 radical (unpaired) electrons. The molecule has 2 aromatic carbocycles. The van der Waals surface area contributed by atoms with Gasteiger partial charge in [0.2, 0.25) is 0 Å². The van der Waals surface area contributed by atoms with Crippen molar-refractivity contribution in [3.63, 3.8) is 0 Å². The lowest BCUT2D eigenvalue weighted by molar-refractivity contribution is 0.474. The lowest BCUT2D eigenvalue weighted by Gasteiger charge is -2.17. The van der Waals surface area contributed by atoms with Crippen molar-refractivity contribution in [2.45, 2.75) is 58.8 Å². The number of hydrogen-bond acceptors (Lipinski definition) is 2. The van der Waals surface area contributed by atoms with Crippen molar-refractivity contribution >= 4 is 11.4 Å². The number of benzene rings is 2. The number of fused-ring (bicyclic) bond motifs is 1. The third kappa shape index (κ3) is 2.86. The van der Waals surface area contributed by atoms with E-state index >= 15 is 0 Å². The summed E-state index contributed by atoms with van der Waals surface area (Å²) in [6, 6.07) is 12.3. The summed E-state index contributed by atoms with van der Waals surface area (Å²) >= 11 is 0.